The standard InChI is InChI=1S/C23H20N4O2/c28-21(27-15-6-11-17-8-4-5-12-19(17)27)16-26-14-7-13-20(26)23-24-22(25-29-23)18-9-2-1-3-10-18/h1-5,7-10,12-14H,6,11,15-16H2. The summed E-state index contributed by atoms with van der Waals surface area (Å²) in [6.45, 7) is 0.963. The van der Waals surface area contributed by atoms with E-state index in [9.17, 15) is 4.79 Å². The molecule has 29 heavy (non-hydrogen) atoms. The van der Waals surface area contributed by atoms with Gasteiger partial charge < -0.3 is 14.0 Å². The molecule has 0 atom stereocenters. The van der Waals surface area contributed by atoms with E-state index in [0.717, 1.165) is 36.3 Å². The third kappa shape index (κ3) is 3.33. The van der Waals surface area contributed by atoms with Crippen LogP contribution in [-0.2, 0) is 17.8 Å². The summed E-state index contributed by atoms with van der Waals surface area (Å²) in [5.41, 5.74) is 3.87. The molecule has 0 saturated carbocycles. The quantitative estimate of drug-likeness (QED) is 0.529. The molecule has 5 rings (SSSR count). The molecule has 1 aliphatic heterocycles. The summed E-state index contributed by atoms with van der Waals surface area (Å²) in [4.78, 5) is 19.5. The highest BCUT2D eigenvalue weighted by molar-refractivity contribution is 5.94. The van der Waals surface area contributed by atoms with Gasteiger partial charge in [0.15, 0.2) is 0 Å². The van der Waals surface area contributed by atoms with Crippen LogP contribution in [0.2, 0.25) is 0 Å². The number of hydrogen-bond acceptors (Lipinski definition) is 4. The van der Waals surface area contributed by atoms with Crippen LogP contribution < -0.4 is 4.90 Å². The van der Waals surface area contributed by atoms with Gasteiger partial charge in [-0.2, -0.15) is 4.98 Å². The molecule has 6 nitrogen and oxygen atoms in total. The number of rotatable bonds is 4. The van der Waals surface area contributed by atoms with E-state index in [2.05, 4.69) is 16.2 Å². The van der Waals surface area contributed by atoms with Crippen LogP contribution in [0.4, 0.5) is 5.69 Å². The lowest BCUT2D eigenvalue weighted by molar-refractivity contribution is -0.119. The van der Waals surface area contributed by atoms with Crippen molar-refractivity contribution in [1.82, 2.24) is 14.7 Å². The maximum Gasteiger partial charge on any atom is 0.274 e. The molecule has 1 aliphatic rings. The average molecular weight is 384 g/mol. The molecule has 0 N–H and O–H groups in total. The number of hydrogen-bond donors (Lipinski definition) is 0. The van der Waals surface area contributed by atoms with Crippen LogP contribution in [0.25, 0.3) is 23.0 Å². The van der Waals surface area contributed by atoms with Crippen LogP contribution in [0, 0.1) is 0 Å². The number of carbonyl (C=O) groups is 1. The third-order valence-corrected chi connectivity index (χ3v) is 5.22. The number of aryl methyl sites for hydroxylation is 1. The highest BCUT2D eigenvalue weighted by Gasteiger charge is 2.23. The maximum atomic E-state index is 13.1. The molecule has 2 aromatic heterocycles. The number of carbonyl (C=O) groups excluding carboxylic acids is 1. The van der Waals surface area contributed by atoms with Crippen molar-refractivity contribution in [2.45, 2.75) is 19.4 Å². The van der Waals surface area contributed by atoms with Gasteiger partial charge in [0.25, 0.3) is 5.89 Å². The molecule has 3 heterocycles. The van der Waals surface area contributed by atoms with Gasteiger partial charge in [0.2, 0.25) is 11.7 Å². The van der Waals surface area contributed by atoms with Crippen molar-refractivity contribution in [3.63, 3.8) is 0 Å². The van der Waals surface area contributed by atoms with Crippen molar-refractivity contribution >= 4 is 11.6 Å². The smallest absolute Gasteiger partial charge is 0.274 e. The summed E-state index contributed by atoms with van der Waals surface area (Å²) >= 11 is 0. The zero-order valence-corrected chi connectivity index (χ0v) is 15.9. The second-order valence-electron chi connectivity index (χ2n) is 7.09. The van der Waals surface area contributed by atoms with Crippen molar-refractivity contribution in [3.8, 4) is 23.0 Å². The normalized spacial score (nSPS) is 13.3. The molecule has 1 amide bonds. The van der Waals surface area contributed by atoms with Crippen LogP contribution in [0.3, 0.4) is 0 Å². The molecule has 0 spiro atoms. The zero-order chi connectivity index (χ0) is 19.6. The third-order valence-electron chi connectivity index (χ3n) is 5.22. The van der Waals surface area contributed by atoms with Gasteiger partial charge in [-0.05, 0) is 36.6 Å². The van der Waals surface area contributed by atoms with E-state index in [1.165, 1.54) is 5.56 Å². The molecular formula is C23H20N4O2. The van der Waals surface area contributed by atoms with Crippen molar-refractivity contribution < 1.29 is 9.32 Å². The van der Waals surface area contributed by atoms with E-state index in [0.29, 0.717) is 11.7 Å². The number of fused-ring (bicyclic) bond motifs is 1. The summed E-state index contributed by atoms with van der Waals surface area (Å²) < 4.78 is 7.34. The minimum Gasteiger partial charge on any atom is -0.334 e. The Hall–Kier alpha value is -3.67. The molecular weight excluding hydrogens is 364 g/mol. The first-order chi connectivity index (χ1) is 14.3. The van der Waals surface area contributed by atoms with E-state index in [-0.39, 0.29) is 12.5 Å². The second kappa shape index (κ2) is 7.39. The Morgan fingerprint density at radius 3 is 2.72 bits per heavy atom. The van der Waals surface area contributed by atoms with E-state index in [1.807, 2.05) is 76.3 Å². The molecule has 144 valence electrons. The molecule has 0 radical (unpaired) electrons. The average Bonchev–Trinajstić information content (AvgIpc) is 3.43. The van der Waals surface area contributed by atoms with E-state index in [4.69, 9.17) is 4.52 Å². The fourth-order valence-corrected chi connectivity index (χ4v) is 3.80. The first-order valence-electron chi connectivity index (χ1n) is 9.72. The van der Waals surface area contributed by atoms with E-state index in [1.54, 1.807) is 0 Å². The number of anilines is 1. The Balaban J connectivity index is 1.39. The van der Waals surface area contributed by atoms with Gasteiger partial charge in [-0.25, -0.2) is 0 Å². The number of amides is 1. The van der Waals surface area contributed by atoms with Crippen molar-refractivity contribution in [3.05, 3.63) is 78.5 Å². The van der Waals surface area contributed by atoms with Gasteiger partial charge in [0.05, 0.1) is 0 Å². The maximum absolute atomic E-state index is 13.1. The van der Waals surface area contributed by atoms with Gasteiger partial charge >= 0.3 is 0 Å². The Morgan fingerprint density at radius 1 is 1.00 bits per heavy atom. The summed E-state index contributed by atoms with van der Waals surface area (Å²) in [7, 11) is 0. The second-order valence-corrected chi connectivity index (χ2v) is 7.09. The van der Waals surface area contributed by atoms with Gasteiger partial charge in [-0.15, -0.1) is 0 Å². The van der Waals surface area contributed by atoms with Crippen LogP contribution in [0.1, 0.15) is 12.0 Å². The van der Waals surface area contributed by atoms with Gasteiger partial charge in [-0.3, -0.25) is 4.79 Å². The zero-order valence-electron chi connectivity index (χ0n) is 15.9. The number of nitrogens with zero attached hydrogens (tertiary/aromatic N) is 4. The van der Waals surface area contributed by atoms with Crippen LogP contribution in [0.5, 0.6) is 0 Å². The van der Waals surface area contributed by atoms with Gasteiger partial charge in [0.1, 0.15) is 12.2 Å². The van der Waals surface area contributed by atoms with Crippen LogP contribution in [-0.4, -0.2) is 27.2 Å². The lowest BCUT2D eigenvalue weighted by atomic mass is 10.0. The lowest BCUT2D eigenvalue weighted by Crippen LogP contribution is -2.37. The molecule has 0 aliphatic carbocycles. The number of para-hydroxylation sites is 1. The predicted molar refractivity (Wildman–Crippen MR) is 110 cm³/mol. The Morgan fingerprint density at radius 2 is 1.83 bits per heavy atom. The summed E-state index contributed by atoms with van der Waals surface area (Å²) in [5, 5.41) is 4.09. The van der Waals surface area contributed by atoms with Crippen molar-refractivity contribution in [1.29, 1.82) is 0 Å². The van der Waals surface area contributed by atoms with E-state index >= 15 is 0 Å². The van der Waals surface area contributed by atoms with Crippen molar-refractivity contribution in [2.75, 3.05) is 11.4 Å². The van der Waals surface area contributed by atoms with Gasteiger partial charge in [-0.1, -0.05) is 53.7 Å². The predicted octanol–water partition coefficient (Wildman–Crippen LogP) is 4.18. The molecule has 0 fully saturated rings. The molecule has 0 unspecified atom stereocenters. The molecule has 0 bridgehead atoms. The van der Waals surface area contributed by atoms with Crippen LogP contribution in [0.15, 0.2) is 77.4 Å². The molecule has 2 aromatic carbocycles. The minimum atomic E-state index is 0.0531. The number of benzene rings is 2. The highest BCUT2D eigenvalue weighted by atomic mass is 16.5. The molecule has 0 saturated heterocycles. The largest absolute Gasteiger partial charge is 0.334 e. The lowest BCUT2D eigenvalue weighted by Gasteiger charge is -2.29. The summed E-state index contributed by atoms with van der Waals surface area (Å²) in [5.74, 6) is 0.989. The van der Waals surface area contributed by atoms with Crippen molar-refractivity contribution in [2.24, 2.45) is 0 Å². The van der Waals surface area contributed by atoms with Crippen LogP contribution >= 0.6 is 0 Å². The summed E-state index contributed by atoms with van der Waals surface area (Å²) in [6, 6.07) is 21.6. The Bertz CT molecular complexity index is 1150. The molecule has 6 heteroatoms. The first kappa shape index (κ1) is 17.4. The topological polar surface area (TPSA) is 64.2 Å². The SMILES string of the molecule is O=C(Cn1cccc1-c1nc(-c2ccccc2)no1)N1CCCc2ccccc21. The minimum absolute atomic E-state index is 0.0531. The monoisotopic (exact) mass is 384 g/mol. The first-order valence-corrected chi connectivity index (χ1v) is 9.72. The summed E-state index contributed by atoms with van der Waals surface area (Å²) in [6.07, 6.45) is 3.86. The highest BCUT2D eigenvalue weighted by Crippen LogP contribution is 2.28. The Labute approximate surface area is 168 Å². The number of aromatic nitrogens is 3. The fraction of sp³-hybridized carbons (Fsp3) is 0.174. The molecule has 4 aromatic rings. The fourth-order valence-electron chi connectivity index (χ4n) is 3.80. The van der Waals surface area contributed by atoms with E-state index < -0.39 is 0 Å². The Kier molecular flexibility index (Phi) is 4.44. The van der Waals surface area contributed by atoms with Gasteiger partial charge in [0, 0.05) is 24.0 Å².